The summed E-state index contributed by atoms with van der Waals surface area (Å²) >= 11 is 0. The normalized spacial score (nSPS) is 10.5. The van der Waals surface area contributed by atoms with Gasteiger partial charge in [0.05, 0.1) is 13.7 Å². The number of benzene rings is 2. The van der Waals surface area contributed by atoms with E-state index in [0.717, 1.165) is 22.4 Å². The molecule has 0 saturated heterocycles. The van der Waals surface area contributed by atoms with Crippen LogP contribution in [0, 0.1) is 13.8 Å². The summed E-state index contributed by atoms with van der Waals surface area (Å²) < 4.78 is 15.8. The van der Waals surface area contributed by atoms with E-state index in [1.54, 1.807) is 7.11 Å². The highest BCUT2D eigenvalue weighted by Gasteiger charge is 2.11. The monoisotopic (exact) mass is 367 g/mol. The lowest BCUT2D eigenvalue weighted by atomic mass is 10.1. The van der Waals surface area contributed by atoms with E-state index in [1.807, 2.05) is 56.3 Å². The molecule has 1 N–H and O–H groups in total. The molecule has 0 unspecified atom stereocenters. The Kier molecular flexibility index (Phi) is 5.71. The van der Waals surface area contributed by atoms with Crippen LogP contribution in [0.25, 0.3) is 11.4 Å². The lowest BCUT2D eigenvalue weighted by molar-refractivity contribution is -0.123. The lowest BCUT2D eigenvalue weighted by Gasteiger charge is -2.09. The van der Waals surface area contributed by atoms with Crippen molar-refractivity contribution in [2.75, 3.05) is 13.7 Å². The van der Waals surface area contributed by atoms with E-state index in [4.69, 9.17) is 14.0 Å². The zero-order valence-electron chi connectivity index (χ0n) is 15.5. The second kappa shape index (κ2) is 8.35. The predicted molar refractivity (Wildman–Crippen MR) is 99.5 cm³/mol. The zero-order chi connectivity index (χ0) is 19.2. The fourth-order valence-electron chi connectivity index (χ4n) is 2.51. The molecule has 0 aliphatic carbocycles. The number of ether oxygens (including phenoxy) is 2. The van der Waals surface area contributed by atoms with Gasteiger partial charge in [0.25, 0.3) is 5.91 Å². The predicted octanol–water partition coefficient (Wildman–Crippen LogP) is 3.06. The van der Waals surface area contributed by atoms with Crippen LogP contribution in [0.5, 0.6) is 11.5 Å². The van der Waals surface area contributed by atoms with Gasteiger partial charge in [-0.25, -0.2) is 0 Å². The molecule has 7 heteroatoms. The second-order valence-electron chi connectivity index (χ2n) is 6.07. The number of hydrogen-bond donors (Lipinski definition) is 1. The van der Waals surface area contributed by atoms with Crippen LogP contribution in [-0.4, -0.2) is 29.8 Å². The van der Waals surface area contributed by atoms with Crippen molar-refractivity contribution in [2.24, 2.45) is 0 Å². The van der Waals surface area contributed by atoms with E-state index in [9.17, 15) is 4.79 Å². The summed E-state index contributed by atoms with van der Waals surface area (Å²) in [6, 6.07) is 13.1. The van der Waals surface area contributed by atoms with E-state index < -0.39 is 0 Å². The molecule has 140 valence electrons. The molecule has 0 bridgehead atoms. The van der Waals surface area contributed by atoms with Gasteiger partial charge >= 0.3 is 0 Å². The van der Waals surface area contributed by atoms with Crippen LogP contribution >= 0.6 is 0 Å². The van der Waals surface area contributed by atoms with Gasteiger partial charge in [-0.2, -0.15) is 4.98 Å². The first kappa shape index (κ1) is 18.4. The van der Waals surface area contributed by atoms with Gasteiger partial charge in [-0.3, -0.25) is 4.79 Å². The highest BCUT2D eigenvalue weighted by Crippen LogP contribution is 2.20. The molecule has 2 aromatic carbocycles. The summed E-state index contributed by atoms with van der Waals surface area (Å²) in [4.78, 5) is 16.3. The number of carbonyl (C=O) groups excluding carboxylic acids is 1. The third kappa shape index (κ3) is 4.84. The van der Waals surface area contributed by atoms with Crippen molar-refractivity contribution in [3.05, 3.63) is 59.5 Å². The molecule has 1 heterocycles. The third-order valence-corrected chi connectivity index (χ3v) is 3.94. The highest BCUT2D eigenvalue weighted by molar-refractivity contribution is 5.77. The minimum atomic E-state index is -0.265. The minimum Gasteiger partial charge on any atom is -0.497 e. The smallest absolute Gasteiger partial charge is 0.258 e. The third-order valence-electron chi connectivity index (χ3n) is 3.94. The largest absolute Gasteiger partial charge is 0.497 e. The fraction of sp³-hybridized carbons (Fsp3) is 0.250. The Morgan fingerprint density at radius 3 is 2.63 bits per heavy atom. The van der Waals surface area contributed by atoms with Crippen molar-refractivity contribution >= 4 is 5.91 Å². The second-order valence-corrected chi connectivity index (χ2v) is 6.07. The Morgan fingerprint density at radius 1 is 1.15 bits per heavy atom. The van der Waals surface area contributed by atoms with Crippen LogP contribution in [0.3, 0.4) is 0 Å². The number of nitrogens with one attached hydrogen (secondary N) is 1. The Balaban J connectivity index is 1.51. The summed E-state index contributed by atoms with van der Waals surface area (Å²) in [6.07, 6.45) is 0. The average Bonchev–Trinajstić information content (AvgIpc) is 3.15. The number of aryl methyl sites for hydroxylation is 2. The number of methoxy groups -OCH3 is 1. The Labute approximate surface area is 157 Å². The van der Waals surface area contributed by atoms with Crippen molar-refractivity contribution in [1.29, 1.82) is 0 Å². The topological polar surface area (TPSA) is 86.5 Å². The van der Waals surface area contributed by atoms with Gasteiger partial charge in [-0.05, 0) is 49.7 Å². The first-order valence-corrected chi connectivity index (χ1v) is 8.49. The summed E-state index contributed by atoms with van der Waals surface area (Å²) in [7, 11) is 1.61. The molecule has 0 spiro atoms. The minimum absolute atomic E-state index is 0.0800. The van der Waals surface area contributed by atoms with Crippen molar-refractivity contribution in [3.8, 4) is 22.9 Å². The van der Waals surface area contributed by atoms with Gasteiger partial charge < -0.3 is 19.3 Å². The van der Waals surface area contributed by atoms with Crippen LogP contribution in [0.4, 0.5) is 0 Å². The summed E-state index contributed by atoms with van der Waals surface area (Å²) in [6.45, 7) is 4.01. The number of rotatable bonds is 7. The van der Waals surface area contributed by atoms with Gasteiger partial charge in [0, 0.05) is 5.56 Å². The lowest BCUT2D eigenvalue weighted by Crippen LogP contribution is -2.28. The average molecular weight is 367 g/mol. The molecule has 27 heavy (non-hydrogen) atoms. The number of hydrogen-bond acceptors (Lipinski definition) is 6. The van der Waals surface area contributed by atoms with Crippen LogP contribution in [0.1, 0.15) is 17.0 Å². The molecule has 7 nitrogen and oxygen atoms in total. The molecule has 0 saturated carbocycles. The van der Waals surface area contributed by atoms with Crippen molar-refractivity contribution in [2.45, 2.75) is 20.4 Å². The first-order valence-electron chi connectivity index (χ1n) is 8.49. The summed E-state index contributed by atoms with van der Waals surface area (Å²) in [5.74, 6) is 1.95. The van der Waals surface area contributed by atoms with Gasteiger partial charge in [0.2, 0.25) is 11.7 Å². The molecule has 0 aliphatic heterocycles. The van der Waals surface area contributed by atoms with Gasteiger partial charge in [-0.1, -0.05) is 22.9 Å². The molecule has 3 aromatic rings. The van der Waals surface area contributed by atoms with Crippen LogP contribution < -0.4 is 14.8 Å². The summed E-state index contributed by atoms with van der Waals surface area (Å²) in [5, 5.41) is 6.63. The van der Waals surface area contributed by atoms with E-state index in [1.165, 1.54) is 0 Å². The molecular formula is C20H21N3O4. The van der Waals surface area contributed by atoms with Crippen LogP contribution in [0.2, 0.25) is 0 Å². The van der Waals surface area contributed by atoms with Crippen molar-refractivity contribution < 1.29 is 18.8 Å². The van der Waals surface area contributed by atoms with Crippen LogP contribution in [-0.2, 0) is 11.3 Å². The van der Waals surface area contributed by atoms with E-state index in [2.05, 4.69) is 15.5 Å². The standard InChI is InChI=1S/C20H21N3O4/c1-13-4-9-17(14(2)10-13)26-12-18(24)21-11-19-22-20(23-27-19)15-5-7-16(25-3)8-6-15/h4-10H,11-12H2,1-3H3,(H,21,24). The molecule has 3 rings (SSSR count). The Hall–Kier alpha value is -3.35. The van der Waals surface area contributed by atoms with E-state index >= 15 is 0 Å². The number of amides is 1. The maximum absolute atomic E-state index is 12.0. The van der Waals surface area contributed by atoms with E-state index in [0.29, 0.717) is 17.5 Å². The molecule has 0 radical (unpaired) electrons. The first-order chi connectivity index (χ1) is 13.0. The molecule has 0 atom stereocenters. The Morgan fingerprint density at radius 2 is 1.93 bits per heavy atom. The molecule has 0 fully saturated rings. The quantitative estimate of drug-likeness (QED) is 0.691. The molecule has 1 aromatic heterocycles. The maximum atomic E-state index is 12.0. The zero-order valence-corrected chi connectivity index (χ0v) is 15.5. The SMILES string of the molecule is COc1ccc(-c2noc(CNC(=O)COc3ccc(C)cc3C)n2)cc1. The van der Waals surface area contributed by atoms with Gasteiger partial charge in [0.1, 0.15) is 11.5 Å². The van der Waals surface area contributed by atoms with Crippen LogP contribution in [0.15, 0.2) is 47.0 Å². The van der Waals surface area contributed by atoms with Crippen molar-refractivity contribution in [1.82, 2.24) is 15.5 Å². The number of nitrogens with zero attached hydrogens (tertiary/aromatic N) is 2. The van der Waals surface area contributed by atoms with Gasteiger partial charge in [0.15, 0.2) is 6.61 Å². The molecular weight excluding hydrogens is 346 g/mol. The number of carbonyl (C=O) groups is 1. The van der Waals surface area contributed by atoms with Crippen molar-refractivity contribution in [3.63, 3.8) is 0 Å². The van der Waals surface area contributed by atoms with Gasteiger partial charge in [-0.15, -0.1) is 0 Å². The molecule has 0 aliphatic rings. The Bertz CT molecular complexity index is 919. The molecule has 1 amide bonds. The number of aromatic nitrogens is 2. The highest BCUT2D eigenvalue weighted by atomic mass is 16.5. The summed E-state index contributed by atoms with van der Waals surface area (Å²) in [5.41, 5.74) is 2.94. The van der Waals surface area contributed by atoms with E-state index in [-0.39, 0.29) is 19.1 Å². The maximum Gasteiger partial charge on any atom is 0.258 e. The fourth-order valence-corrected chi connectivity index (χ4v) is 2.51.